The molecule has 2 aliphatic rings. The van der Waals surface area contributed by atoms with Crippen molar-refractivity contribution in [3.63, 3.8) is 0 Å². The standard InChI is InChI=1S/C13H26N2/c1-10(2)11-5-7-13(9-14,8-6-11)15-12-3-4-12/h10-12,15H,3-9,14H2,1-2H3. The van der Waals surface area contributed by atoms with E-state index in [0.29, 0.717) is 5.54 Å². The van der Waals surface area contributed by atoms with E-state index in [1.807, 2.05) is 0 Å². The summed E-state index contributed by atoms with van der Waals surface area (Å²) in [5.41, 5.74) is 6.27. The minimum Gasteiger partial charge on any atom is -0.329 e. The number of hydrogen-bond acceptors (Lipinski definition) is 2. The van der Waals surface area contributed by atoms with E-state index in [1.165, 1.54) is 38.5 Å². The van der Waals surface area contributed by atoms with Gasteiger partial charge in [-0.25, -0.2) is 0 Å². The third-order valence-corrected chi connectivity index (χ3v) is 4.41. The molecule has 2 saturated carbocycles. The lowest BCUT2D eigenvalue weighted by Gasteiger charge is -2.41. The van der Waals surface area contributed by atoms with Crippen LogP contribution in [0.2, 0.25) is 0 Å². The zero-order valence-electron chi connectivity index (χ0n) is 10.3. The van der Waals surface area contributed by atoms with Gasteiger partial charge in [-0.3, -0.25) is 0 Å². The van der Waals surface area contributed by atoms with E-state index >= 15 is 0 Å². The molecule has 0 aromatic rings. The molecule has 2 fully saturated rings. The van der Waals surface area contributed by atoms with Crippen molar-refractivity contribution in [2.24, 2.45) is 17.6 Å². The first-order chi connectivity index (χ1) is 7.15. The molecule has 0 unspecified atom stereocenters. The maximum Gasteiger partial charge on any atom is 0.0306 e. The molecule has 2 heteroatoms. The maximum absolute atomic E-state index is 5.97. The lowest BCUT2D eigenvalue weighted by Crippen LogP contribution is -2.54. The Labute approximate surface area is 94.0 Å². The molecule has 0 aromatic heterocycles. The average molecular weight is 210 g/mol. The molecule has 0 bridgehead atoms. The van der Waals surface area contributed by atoms with Crippen molar-refractivity contribution in [3.05, 3.63) is 0 Å². The van der Waals surface area contributed by atoms with E-state index in [4.69, 9.17) is 5.73 Å². The van der Waals surface area contributed by atoms with Crippen molar-refractivity contribution in [2.75, 3.05) is 6.54 Å². The molecule has 88 valence electrons. The van der Waals surface area contributed by atoms with Gasteiger partial charge in [-0.05, 0) is 50.4 Å². The van der Waals surface area contributed by atoms with E-state index in [0.717, 1.165) is 24.4 Å². The van der Waals surface area contributed by atoms with Crippen LogP contribution in [0.3, 0.4) is 0 Å². The molecule has 2 nitrogen and oxygen atoms in total. The average Bonchev–Trinajstić information content (AvgIpc) is 3.02. The fraction of sp³-hybridized carbons (Fsp3) is 1.00. The van der Waals surface area contributed by atoms with Gasteiger partial charge in [0.1, 0.15) is 0 Å². The van der Waals surface area contributed by atoms with Crippen molar-refractivity contribution < 1.29 is 0 Å². The summed E-state index contributed by atoms with van der Waals surface area (Å²) in [7, 11) is 0. The second kappa shape index (κ2) is 4.42. The quantitative estimate of drug-likeness (QED) is 0.747. The van der Waals surface area contributed by atoms with Crippen molar-refractivity contribution in [2.45, 2.75) is 64.0 Å². The second-order valence-corrected chi connectivity index (χ2v) is 5.98. The predicted molar refractivity (Wildman–Crippen MR) is 64.7 cm³/mol. The Morgan fingerprint density at radius 1 is 1.20 bits per heavy atom. The first kappa shape index (κ1) is 11.4. The van der Waals surface area contributed by atoms with Gasteiger partial charge in [0.25, 0.3) is 0 Å². The van der Waals surface area contributed by atoms with Gasteiger partial charge in [0.15, 0.2) is 0 Å². The highest BCUT2D eigenvalue weighted by molar-refractivity contribution is 4.99. The minimum atomic E-state index is 0.298. The number of hydrogen-bond donors (Lipinski definition) is 2. The molecule has 0 heterocycles. The summed E-state index contributed by atoms with van der Waals surface area (Å²) in [5, 5.41) is 3.79. The zero-order valence-corrected chi connectivity index (χ0v) is 10.3. The van der Waals surface area contributed by atoms with Crippen LogP contribution in [-0.2, 0) is 0 Å². The summed E-state index contributed by atoms with van der Waals surface area (Å²) in [6.45, 7) is 5.54. The van der Waals surface area contributed by atoms with Crippen molar-refractivity contribution in [3.8, 4) is 0 Å². The fourth-order valence-electron chi connectivity index (χ4n) is 2.93. The van der Waals surface area contributed by atoms with Gasteiger partial charge in [-0.15, -0.1) is 0 Å². The van der Waals surface area contributed by atoms with E-state index in [1.54, 1.807) is 0 Å². The Bertz CT molecular complexity index is 201. The highest BCUT2D eigenvalue weighted by Gasteiger charge is 2.38. The molecule has 0 aliphatic heterocycles. The lowest BCUT2D eigenvalue weighted by molar-refractivity contribution is 0.164. The van der Waals surface area contributed by atoms with Crippen LogP contribution in [0.1, 0.15) is 52.4 Å². The highest BCUT2D eigenvalue weighted by Crippen LogP contribution is 2.37. The molecule has 0 atom stereocenters. The minimum absolute atomic E-state index is 0.298. The third-order valence-electron chi connectivity index (χ3n) is 4.41. The molecular weight excluding hydrogens is 184 g/mol. The first-order valence-electron chi connectivity index (χ1n) is 6.63. The third kappa shape index (κ3) is 2.73. The molecule has 3 N–H and O–H groups in total. The summed E-state index contributed by atoms with van der Waals surface area (Å²) < 4.78 is 0. The largest absolute Gasteiger partial charge is 0.329 e. The van der Waals surface area contributed by atoms with Gasteiger partial charge in [-0.2, -0.15) is 0 Å². The smallest absolute Gasteiger partial charge is 0.0306 e. The fourth-order valence-corrected chi connectivity index (χ4v) is 2.93. The number of nitrogens with two attached hydrogens (primary N) is 1. The Morgan fingerprint density at radius 2 is 1.80 bits per heavy atom. The van der Waals surface area contributed by atoms with Crippen LogP contribution >= 0.6 is 0 Å². The summed E-state index contributed by atoms with van der Waals surface area (Å²) in [5.74, 6) is 1.78. The molecule has 0 radical (unpaired) electrons. The maximum atomic E-state index is 5.97. The topological polar surface area (TPSA) is 38.0 Å². The van der Waals surface area contributed by atoms with E-state index < -0.39 is 0 Å². The van der Waals surface area contributed by atoms with Gasteiger partial charge < -0.3 is 11.1 Å². The second-order valence-electron chi connectivity index (χ2n) is 5.98. The van der Waals surface area contributed by atoms with E-state index in [9.17, 15) is 0 Å². The SMILES string of the molecule is CC(C)C1CCC(CN)(NC2CC2)CC1. The molecule has 2 aliphatic carbocycles. The van der Waals surface area contributed by atoms with Crippen LogP contribution in [-0.4, -0.2) is 18.1 Å². The molecule has 15 heavy (non-hydrogen) atoms. The predicted octanol–water partition coefficient (Wildman–Crippen LogP) is 2.28. The van der Waals surface area contributed by atoms with E-state index in [-0.39, 0.29) is 0 Å². The van der Waals surface area contributed by atoms with Gasteiger partial charge >= 0.3 is 0 Å². The van der Waals surface area contributed by atoms with Crippen LogP contribution in [0.25, 0.3) is 0 Å². The van der Waals surface area contributed by atoms with Crippen molar-refractivity contribution in [1.82, 2.24) is 5.32 Å². The van der Waals surface area contributed by atoms with Gasteiger partial charge in [0, 0.05) is 18.1 Å². The van der Waals surface area contributed by atoms with Crippen LogP contribution in [0.15, 0.2) is 0 Å². The molecular formula is C13H26N2. The summed E-state index contributed by atoms with van der Waals surface area (Å²) in [4.78, 5) is 0. The molecule has 0 saturated heterocycles. The van der Waals surface area contributed by atoms with Crippen LogP contribution in [0, 0.1) is 11.8 Å². The van der Waals surface area contributed by atoms with Gasteiger partial charge in [0.2, 0.25) is 0 Å². The lowest BCUT2D eigenvalue weighted by atomic mass is 9.73. The van der Waals surface area contributed by atoms with Crippen molar-refractivity contribution >= 4 is 0 Å². The summed E-state index contributed by atoms with van der Waals surface area (Å²) in [6, 6.07) is 0.796. The Hall–Kier alpha value is -0.0800. The van der Waals surface area contributed by atoms with Crippen LogP contribution in [0.4, 0.5) is 0 Å². The summed E-state index contributed by atoms with van der Waals surface area (Å²) >= 11 is 0. The molecule has 0 aromatic carbocycles. The van der Waals surface area contributed by atoms with Crippen LogP contribution in [0.5, 0.6) is 0 Å². The molecule has 0 spiro atoms. The van der Waals surface area contributed by atoms with Crippen LogP contribution < -0.4 is 11.1 Å². The first-order valence-corrected chi connectivity index (χ1v) is 6.63. The summed E-state index contributed by atoms with van der Waals surface area (Å²) in [6.07, 6.45) is 8.07. The normalized spacial score (nSPS) is 37.2. The Morgan fingerprint density at radius 3 is 2.20 bits per heavy atom. The number of nitrogens with one attached hydrogen (secondary N) is 1. The zero-order chi connectivity index (χ0) is 10.9. The monoisotopic (exact) mass is 210 g/mol. The number of rotatable bonds is 4. The highest BCUT2D eigenvalue weighted by atomic mass is 15.1. The Kier molecular flexibility index (Phi) is 3.36. The van der Waals surface area contributed by atoms with Gasteiger partial charge in [-0.1, -0.05) is 13.8 Å². The van der Waals surface area contributed by atoms with Gasteiger partial charge in [0.05, 0.1) is 0 Å². The molecule has 0 amide bonds. The van der Waals surface area contributed by atoms with Crippen molar-refractivity contribution in [1.29, 1.82) is 0 Å². The van der Waals surface area contributed by atoms with E-state index in [2.05, 4.69) is 19.2 Å². The molecule has 2 rings (SSSR count). The Balaban J connectivity index is 1.87.